The Kier molecular flexibility index (Phi) is 4.26. The average molecular weight is 367 g/mol. The molecule has 3 aromatic carbocycles. The van der Waals surface area contributed by atoms with Gasteiger partial charge in [-0.2, -0.15) is 0 Å². The van der Waals surface area contributed by atoms with Crippen molar-refractivity contribution in [1.29, 1.82) is 0 Å². The van der Waals surface area contributed by atoms with E-state index in [1.807, 2.05) is 65.2 Å². The van der Waals surface area contributed by atoms with E-state index in [2.05, 4.69) is 29.6 Å². The molecule has 0 bridgehead atoms. The van der Waals surface area contributed by atoms with Crippen molar-refractivity contribution in [3.63, 3.8) is 0 Å². The van der Waals surface area contributed by atoms with E-state index >= 15 is 0 Å². The standard InChI is InChI=1S/C24H21N3O/c28-24-19-13-7-8-14-20(19)26-23-21(15-17-9-3-1-4-10-17)25-22(27(23)24)16-18-11-5-2-6-12-18/h1-14,21-22,25H,15-16H2. The maximum Gasteiger partial charge on any atom is 0.262 e. The van der Waals surface area contributed by atoms with Crippen LogP contribution in [0.25, 0.3) is 10.9 Å². The van der Waals surface area contributed by atoms with Crippen LogP contribution in [0.1, 0.15) is 29.2 Å². The van der Waals surface area contributed by atoms with E-state index in [9.17, 15) is 4.79 Å². The van der Waals surface area contributed by atoms with Gasteiger partial charge in [0.15, 0.2) is 0 Å². The Hall–Kier alpha value is -3.24. The molecule has 1 aliphatic heterocycles. The van der Waals surface area contributed by atoms with Crippen LogP contribution in [0.3, 0.4) is 0 Å². The fourth-order valence-corrected chi connectivity index (χ4v) is 4.08. The van der Waals surface area contributed by atoms with Gasteiger partial charge in [0, 0.05) is 6.42 Å². The lowest BCUT2D eigenvalue weighted by molar-refractivity contribution is 0.422. The molecule has 0 radical (unpaired) electrons. The lowest BCUT2D eigenvalue weighted by Crippen LogP contribution is -2.29. The highest BCUT2D eigenvalue weighted by atomic mass is 16.1. The fraction of sp³-hybridized carbons (Fsp3) is 0.167. The second kappa shape index (κ2) is 7.06. The monoisotopic (exact) mass is 367 g/mol. The number of nitrogens with one attached hydrogen (secondary N) is 1. The Balaban J connectivity index is 1.60. The average Bonchev–Trinajstić information content (AvgIpc) is 3.07. The van der Waals surface area contributed by atoms with Gasteiger partial charge in [0.2, 0.25) is 0 Å². The van der Waals surface area contributed by atoms with Gasteiger partial charge in [0.05, 0.1) is 23.1 Å². The van der Waals surface area contributed by atoms with Crippen molar-refractivity contribution in [1.82, 2.24) is 14.9 Å². The number of nitrogens with zero attached hydrogens (tertiary/aromatic N) is 2. The summed E-state index contributed by atoms with van der Waals surface area (Å²) in [6.07, 6.45) is 1.45. The maximum absolute atomic E-state index is 13.3. The van der Waals surface area contributed by atoms with Crippen molar-refractivity contribution < 1.29 is 0 Å². The lowest BCUT2D eigenvalue weighted by atomic mass is 10.1. The Morgan fingerprint density at radius 2 is 1.39 bits per heavy atom. The molecule has 4 heteroatoms. The van der Waals surface area contributed by atoms with Crippen molar-refractivity contribution in [3.05, 3.63) is 112 Å². The molecule has 2 atom stereocenters. The minimum absolute atomic E-state index is 0.00779. The third-order valence-electron chi connectivity index (χ3n) is 5.41. The van der Waals surface area contributed by atoms with Gasteiger partial charge in [0.1, 0.15) is 5.82 Å². The van der Waals surface area contributed by atoms with E-state index in [0.29, 0.717) is 5.39 Å². The summed E-state index contributed by atoms with van der Waals surface area (Å²) in [5.41, 5.74) is 3.23. The van der Waals surface area contributed by atoms with Crippen LogP contribution in [0, 0.1) is 0 Å². The zero-order valence-electron chi connectivity index (χ0n) is 15.5. The first-order valence-electron chi connectivity index (χ1n) is 9.65. The van der Waals surface area contributed by atoms with Crippen molar-refractivity contribution >= 4 is 10.9 Å². The van der Waals surface area contributed by atoms with E-state index in [0.717, 1.165) is 24.2 Å². The van der Waals surface area contributed by atoms with Crippen molar-refractivity contribution in [2.75, 3.05) is 0 Å². The summed E-state index contributed by atoms with van der Waals surface area (Å²) >= 11 is 0. The van der Waals surface area contributed by atoms with E-state index < -0.39 is 0 Å². The molecule has 1 N–H and O–H groups in total. The largest absolute Gasteiger partial charge is 0.286 e. The lowest BCUT2D eigenvalue weighted by Gasteiger charge is -2.15. The molecule has 0 saturated carbocycles. The number of para-hydroxylation sites is 1. The second-order valence-electron chi connectivity index (χ2n) is 7.28. The second-order valence-corrected chi connectivity index (χ2v) is 7.28. The predicted molar refractivity (Wildman–Crippen MR) is 111 cm³/mol. The number of rotatable bonds is 4. The smallest absolute Gasteiger partial charge is 0.262 e. The van der Waals surface area contributed by atoms with Crippen LogP contribution < -0.4 is 10.9 Å². The molecule has 0 fully saturated rings. The van der Waals surface area contributed by atoms with Crippen LogP contribution >= 0.6 is 0 Å². The molecule has 4 nitrogen and oxygen atoms in total. The van der Waals surface area contributed by atoms with Gasteiger partial charge in [-0.15, -0.1) is 0 Å². The van der Waals surface area contributed by atoms with Gasteiger partial charge in [0.25, 0.3) is 5.56 Å². The Morgan fingerprint density at radius 3 is 2.11 bits per heavy atom. The van der Waals surface area contributed by atoms with Crippen molar-refractivity contribution in [3.8, 4) is 0 Å². The molecule has 1 aliphatic rings. The Bertz CT molecular complexity index is 1170. The highest BCUT2D eigenvalue weighted by Gasteiger charge is 2.33. The molecule has 0 aliphatic carbocycles. The maximum atomic E-state index is 13.3. The highest BCUT2D eigenvalue weighted by molar-refractivity contribution is 5.77. The van der Waals surface area contributed by atoms with Crippen LogP contribution in [0.4, 0.5) is 0 Å². The molecule has 2 unspecified atom stereocenters. The number of fused-ring (bicyclic) bond motifs is 2. The van der Waals surface area contributed by atoms with Gasteiger partial charge in [-0.25, -0.2) is 4.98 Å². The molecule has 1 aromatic heterocycles. The fourth-order valence-electron chi connectivity index (χ4n) is 4.08. The Labute approximate surface area is 163 Å². The molecule has 0 saturated heterocycles. The Morgan fingerprint density at radius 1 is 0.786 bits per heavy atom. The van der Waals surface area contributed by atoms with E-state index in [1.54, 1.807) is 0 Å². The van der Waals surface area contributed by atoms with Crippen molar-refractivity contribution in [2.45, 2.75) is 25.0 Å². The molecule has 5 rings (SSSR count). The zero-order chi connectivity index (χ0) is 18.9. The first-order chi connectivity index (χ1) is 13.8. The number of benzene rings is 3. The molecular weight excluding hydrogens is 346 g/mol. The van der Waals surface area contributed by atoms with Gasteiger partial charge < -0.3 is 0 Å². The predicted octanol–water partition coefficient (Wildman–Crippen LogP) is 4.02. The number of hydrogen-bond donors (Lipinski definition) is 1. The van der Waals surface area contributed by atoms with E-state index in [4.69, 9.17) is 4.98 Å². The summed E-state index contributed by atoms with van der Waals surface area (Å²) in [5, 5.41) is 4.34. The summed E-state index contributed by atoms with van der Waals surface area (Å²) in [5.74, 6) is 0.827. The van der Waals surface area contributed by atoms with Gasteiger partial charge >= 0.3 is 0 Å². The summed E-state index contributed by atoms with van der Waals surface area (Å²) in [6, 6.07) is 28.3. The summed E-state index contributed by atoms with van der Waals surface area (Å²) < 4.78 is 1.86. The van der Waals surface area contributed by atoms with Crippen LogP contribution in [-0.2, 0) is 12.8 Å². The summed E-state index contributed by atoms with van der Waals surface area (Å²) in [4.78, 5) is 18.2. The topological polar surface area (TPSA) is 46.9 Å². The van der Waals surface area contributed by atoms with Crippen LogP contribution in [0.15, 0.2) is 89.7 Å². The molecule has 28 heavy (non-hydrogen) atoms. The van der Waals surface area contributed by atoms with E-state index in [1.165, 1.54) is 11.1 Å². The van der Waals surface area contributed by atoms with Crippen LogP contribution in [0.2, 0.25) is 0 Å². The molecule has 2 heterocycles. The van der Waals surface area contributed by atoms with Crippen molar-refractivity contribution in [2.24, 2.45) is 0 Å². The molecule has 0 spiro atoms. The zero-order valence-corrected chi connectivity index (χ0v) is 15.5. The number of hydrogen-bond acceptors (Lipinski definition) is 3. The van der Waals surface area contributed by atoms with E-state index in [-0.39, 0.29) is 17.8 Å². The minimum atomic E-state index is -0.101. The quantitative estimate of drug-likeness (QED) is 0.592. The first kappa shape index (κ1) is 16.9. The molecular formula is C24H21N3O. The first-order valence-corrected chi connectivity index (χ1v) is 9.65. The molecule has 138 valence electrons. The van der Waals surface area contributed by atoms with Crippen LogP contribution in [-0.4, -0.2) is 9.55 Å². The SMILES string of the molecule is O=c1c2ccccc2nc2n1C(Cc1ccccc1)NC2Cc1ccccc1. The summed E-state index contributed by atoms with van der Waals surface area (Å²) in [7, 11) is 0. The third kappa shape index (κ3) is 3.02. The minimum Gasteiger partial charge on any atom is -0.286 e. The third-order valence-corrected chi connectivity index (χ3v) is 5.41. The number of aromatic nitrogens is 2. The highest BCUT2D eigenvalue weighted by Crippen LogP contribution is 2.29. The normalized spacial score (nSPS) is 18.3. The molecule has 0 amide bonds. The molecule has 4 aromatic rings. The van der Waals surface area contributed by atoms with Gasteiger partial charge in [-0.05, 0) is 29.7 Å². The van der Waals surface area contributed by atoms with Gasteiger partial charge in [-0.1, -0.05) is 72.8 Å². The summed E-state index contributed by atoms with van der Waals surface area (Å²) in [6.45, 7) is 0. The van der Waals surface area contributed by atoms with Gasteiger partial charge in [-0.3, -0.25) is 14.7 Å². The van der Waals surface area contributed by atoms with Crippen LogP contribution in [0.5, 0.6) is 0 Å².